The largest absolute Gasteiger partial charge is 0.390 e. The van der Waals surface area contributed by atoms with Crippen LogP contribution in [0.25, 0.3) is 0 Å². The van der Waals surface area contributed by atoms with Gasteiger partial charge in [-0.1, -0.05) is 38.1 Å². The molecule has 2 aromatic rings. The molecule has 0 spiro atoms. The summed E-state index contributed by atoms with van der Waals surface area (Å²) >= 11 is 0. The van der Waals surface area contributed by atoms with Crippen LogP contribution in [0.1, 0.15) is 68.6 Å². The highest BCUT2D eigenvalue weighted by Gasteiger charge is 2.35. The van der Waals surface area contributed by atoms with Crippen LogP contribution in [0.5, 0.6) is 0 Å². The van der Waals surface area contributed by atoms with Crippen molar-refractivity contribution in [1.29, 1.82) is 0 Å². The van der Waals surface area contributed by atoms with E-state index in [4.69, 9.17) is 0 Å². The molecule has 0 bridgehead atoms. The first-order chi connectivity index (χ1) is 17.8. The summed E-state index contributed by atoms with van der Waals surface area (Å²) in [6.07, 6.45) is 1.99. The van der Waals surface area contributed by atoms with Gasteiger partial charge in [0.15, 0.2) is 0 Å². The van der Waals surface area contributed by atoms with Crippen molar-refractivity contribution in [2.75, 3.05) is 12.8 Å². The zero-order valence-corrected chi connectivity index (χ0v) is 23.2. The van der Waals surface area contributed by atoms with Gasteiger partial charge in [0.2, 0.25) is 15.9 Å². The summed E-state index contributed by atoms with van der Waals surface area (Å²) in [5, 5.41) is 17.1. The lowest BCUT2D eigenvalue weighted by Crippen LogP contribution is -2.55. The van der Waals surface area contributed by atoms with Crippen LogP contribution in [0.15, 0.2) is 42.5 Å². The highest BCUT2D eigenvalue weighted by Crippen LogP contribution is 2.35. The number of hydrogen-bond donors (Lipinski definition) is 4. The number of benzene rings is 2. The molecule has 1 aliphatic rings. The van der Waals surface area contributed by atoms with Gasteiger partial charge in [0.1, 0.15) is 11.6 Å². The van der Waals surface area contributed by atoms with E-state index in [9.17, 15) is 27.1 Å². The van der Waals surface area contributed by atoms with Crippen LogP contribution in [-0.2, 0) is 21.2 Å². The molecule has 5 atom stereocenters. The number of aliphatic hydroxyl groups is 1. The van der Waals surface area contributed by atoms with Crippen LogP contribution in [0, 0.1) is 11.6 Å². The molecule has 1 fully saturated rings. The van der Waals surface area contributed by atoms with Gasteiger partial charge in [0.05, 0.1) is 12.4 Å². The number of sulfonamides is 1. The molecule has 0 saturated heterocycles. The van der Waals surface area contributed by atoms with Crippen LogP contribution in [-0.4, -0.2) is 56.5 Å². The maximum Gasteiger partial charge on any atom is 0.216 e. The summed E-state index contributed by atoms with van der Waals surface area (Å²) in [6.45, 7) is 5.54. The number of aliphatic hydroxyl groups excluding tert-OH is 1. The number of hydrogen-bond acceptors (Lipinski definition) is 5. The number of halogens is 2. The molecular formula is C28H39F2N3O4S. The Morgan fingerprint density at radius 1 is 1.11 bits per heavy atom. The van der Waals surface area contributed by atoms with E-state index in [-0.39, 0.29) is 36.9 Å². The van der Waals surface area contributed by atoms with Crippen LogP contribution < -0.4 is 15.4 Å². The Morgan fingerprint density at radius 2 is 1.79 bits per heavy atom. The SMILES string of the molecule is CC(=O)NCC(O)C(Cc1cc(F)cc(F)c1)NC1CC(NS(C)(=O)=O)CCC1c1cccc(C(C)C)c1. The van der Waals surface area contributed by atoms with Crippen molar-refractivity contribution in [2.45, 2.75) is 82.5 Å². The van der Waals surface area contributed by atoms with E-state index in [0.717, 1.165) is 17.9 Å². The minimum Gasteiger partial charge on any atom is -0.390 e. The molecule has 1 aliphatic carbocycles. The lowest BCUT2D eigenvalue weighted by atomic mass is 9.76. The van der Waals surface area contributed by atoms with Gasteiger partial charge in [-0.25, -0.2) is 21.9 Å². The molecule has 3 rings (SSSR count). The standard InChI is InChI=1S/C28H39F2N3O4S/c1-17(2)20-6-5-7-21(13-20)25-9-8-24(33-38(4,36)37)15-26(25)32-27(28(35)16-31-18(3)34)12-19-10-22(29)14-23(30)11-19/h5-7,10-11,13-14,17,24-28,32-33,35H,8-9,12,15-16H2,1-4H3,(H,31,34). The van der Waals surface area contributed by atoms with E-state index in [1.165, 1.54) is 24.6 Å². The number of carbonyl (C=O) groups excluding carboxylic acids is 1. The number of carbonyl (C=O) groups is 1. The minimum atomic E-state index is -3.43. The predicted octanol–water partition coefficient (Wildman–Crippen LogP) is 3.34. The van der Waals surface area contributed by atoms with E-state index in [1.807, 2.05) is 6.07 Å². The third kappa shape index (κ3) is 9.11. The predicted molar refractivity (Wildman–Crippen MR) is 144 cm³/mol. The zero-order chi connectivity index (χ0) is 28.0. The van der Waals surface area contributed by atoms with Gasteiger partial charge in [-0.2, -0.15) is 0 Å². The normalized spacial score (nSPS) is 21.7. The topological polar surface area (TPSA) is 108 Å². The molecule has 4 N–H and O–H groups in total. The van der Waals surface area contributed by atoms with Crippen molar-refractivity contribution in [2.24, 2.45) is 0 Å². The summed E-state index contributed by atoms with van der Waals surface area (Å²) < 4.78 is 54.6. The van der Waals surface area contributed by atoms with E-state index in [2.05, 4.69) is 47.4 Å². The Balaban J connectivity index is 1.94. The lowest BCUT2D eigenvalue weighted by molar-refractivity contribution is -0.119. The van der Waals surface area contributed by atoms with Crippen molar-refractivity contribution in [1.82, 2.24) is 15.4 Å². The lowest BCUT2D eigenvalue weighted by Gasteiger charge is -2.40. The van der Waals surface area contributed by atoms with Crippen LogP contribution >= 0.6 is 0 Å². The van der Waals surface area contributed by atoms with Gasteiger partial charge in [-0.05, 0) is 66.3 Å². The fraction of sp³-hybridized carbons (Fsp3) is 0.536. The molecule has 10 heteroatoms. The van der Waals surface area contributed by atoms with Crippen molar-refractivity contribution < 1.29 is 27.1 Å². The quantitative estimate of drug-likeness (QED) is 0.343. The van der Waals surface area contributed by atoms with E-state index >= 15 is 0 Å². The summed E-state index contributed by atoms with van der Waals surface area (Å²) in [6, 6.07) is 10.3. The summed E-state index contributed by atoms with van der Waals surface area (Å²) in [4.78, 5) is 11.5. The van der Waals surface area contributed by atoms with Crippen LogP contribution in [0.4, 0.5) is 8.78 Å². The molecule has 2 aromatic carbocycles. The first-order valence-corrected chi connectivity index (χ1v) is 14.9. The Morgan fingerprint density at radius 3 is 2.39 bits per heavy atom. The Labute approximate surface area is 224 Å². The summed E-state index contributed by atoms with van der Waals surface area (Å²) in [5.74, 6) is -1.38. The van der Waals surface area contributed by atoms with Gasteiger partial charge in [-0.3, -0.25) is 4.79 Å². The first-order valence-electron chi connectivity index (χ1n) is 13.0. The summed E-state index contributed by atoms with van der Waals surface area (Å²) in [5.41, 5.74) is 2.66. The van der Waals surface area contributed by atoms with Crippen LogP contribution in [0.2, 0.25) is 0 Å². The highest BCUT2D eigenvalue weighted by molar-refractivity contribution is 7.88. The van der Waals surface area contributed by atoms with Gasteiger partial charge in [-0.15, -0.1) is 0 Å². The molecule has 210 valence electrons. The molecule has 1 saturated carbocycles. The fourth-order valence-corrected chi connectivity index (χ4v) is 6.09. The number of nitrogens with one attached hydrogen (secondary N) is 3. The smallest absolute Gasteiger partial charge is 0.216 e. The third-order valence-corrected chi connectivity index (χ3v) is 7.83. The molecule has 5 unspecified atom stereocenters. The number of amides is 1. The molecule has 7 nitrogen and oxygen atoms in total. The van der Waals surface area contributed by atoms with Crippen molar-refractivity contribution in [3.63, 3.8) is 0 Å². The molecular weight excluding hydrogens is 512 g/mol. The van der Waals surface area contributed by atoms with E-state index in [0.29, 0.717) is 30.7 Å². The zero-order valence-electron chi connectivity index (χ0n) is 22.4. The summed E-state index contributed by atoms with van der Waals surface area (Å²) in [7, 11) is -3.43. The second kappa shape index (κ2) is 13.1. The maximum absolute atomic E-state index is 13.9. The molecule has 0 heterocycles. The average Bonchev–Trinajstić information content (AvgIpc) is 2.80. The third-order valence-electron chi connectivity index (χ3n) is 7.07. The number of rotatable bonds is 11. The molecule has 0 radical (unpaired) electrons. The molecule has 0 aliphatic heterocycles. The Hall–Kier alpha value is -2.40. The van der Waals surface area contributed by atoms with Crippen molar-refractivity contribution in [3.05, 3.63) is 70.8 Å². The van der Waals surface area contributed by atoms with Gasteiger partial charge in [0, 0.05) is 37.7 Å². The minimum absolute atomic E-state index is 0.0195. The average molecular weight is 552 g/mol. The van der Waals surface area contributed by atoms with Crippen molar-refractivity contribution in [3.8, 4) is 0 Å². The highest BCUT2D eigenvalue weighted by atomic mass is 32.2. The van der Waals surface area contributed by atoms with Gasteiger partial charge in [0.25, 0.3) is 0 Å². The van der Waals surface area contributed by atoms with Gasteiger partial charge >= 0.3 is 0 Å². The van der Waals surface area contributed by atoms with Gasteiger partial charge < -0.3 is 15.7 Å². The first kappa shape index (κ1) is 30.1. The second-order valence-corrected chi connectivity index (χ2v) is 12.5. The fourth-order valence-electron chi connectivity index (χ4n) is 5.27. The molecule has 1 amide bonds. The molecule has 38 heavy (non-hydrogen) atoms. The Bertz CT molecular complexity index is 1190. The molecule has 0 aromatic heterocycles. The maximum atomic E-state index is 13.9. The second-order valence-electron chi connectivity index (χ2n) is 10.7. The van der Waals surface area contributed by atoms with E-state index < -0.39 is 33.8 Å². The Kier molecular flexibility index (Phi) is 10.4. The van der Waals surface area contributed by atoms with Crippen LogP contribution in [0.3, 0.4) is 0 Å². The monoisotopic (exact) mass is 551 g/mol. The van der Waals surface area contributed by atoms with Crippen molar-refractivity contribution >= 4 is 15.9 Å². The van der Waals surface area contributed by atoms with E-state index in [1.54, 1.807) is 0 Å².